The molecule has 204 valence electrons. The van der Waals surface area contributed by atoms with Crippen LogP contribution in [0.2, 0.25) is 0 Å². The van der Waals surface area contributed by atoms with Crippen molar-refractivity contribution in [1.82, 2.24) is 19.8 Å². The minimum Gasteiger partial charge on any atom is -0.481 e. The van der Waals surface area contributed by atoms with Gasteiger partial charge in [0.25, 0.3) is 0 Å². The summed E-state index contributed by atoms with van der Waals surface area (Å²) in [6.07, 6.45) is 6.46. The van der Waals surface area contributed by atoms with Crippen molar-refractivity contribution in [3.8, 4) is 0 Å². The minimum absolute atomic E-state index is 0.601. The fraction of sp³-hybridized carbons (Fsp3) is 0.571. The normalized spacial score (nSPS) is 20.4. The predicted molar refractivity (Wildman–Crippen MR) is 143 cm³/mol. The largest absolute Gasteiger partial charge is 0.481 e. The number of aliphatic carboxylic acids is 2. The van der Waals surface area contributed by atoms with Gasteiger partial charge in [-0.3, -0.25) is 24.6 Å². The molecule has 0 spiro atoms. The first-order valence-corrected chi connectivity index (χ1v) is 12.8. The monoisotopic (exact) mass is 514 g/mol. The zero-order chi connectivity index (χ0) is 27.7. The average molecular weight is 515 g/mol. The zero-order valence-corrected chi connectivity index (χ0v) is 22.9. The zero-order valence-electron chi connectivity index (χ0n) is 22.9. The van der Waals surface area contributed by atoms with Crippen molar-refractivity contribution in [2.24, 2.45) is 0 Å². The van der Waals surface area contributed by atoms with Gasteiger partial charge in [-0.1, -0.05) is 0 Å². The van der Waals surface area contributed by atoms with Crippen molar-refractivity contribution >= 4 is 11.9 Å². The third-order valence-electron chi connectivity index (χ3n) is 7.18. The van der Waals surface area contributed by atoms with E-state index in [1.807, 2.05) is 12.4 Å². The Kier molecular flexibility index (Phi) is 11.6. The molecule has 4 heterocycles. The van der Waals surface area contributed by atoms with E-state index in [0.717, 1.165) is 0 Å². The molecule has 2 saturated heterocycles. The van der Waals surface area contributed by atoms with Gasteiger partial charge in [0.2, 0.25) is 0 Å². The van der Waals surface area contributed by atoms with Gasteiger partial charge < -0.3 is 15.3 Å². The van der Waals surface area contributed by atoms with Crippen LogP contribution in [0.1, 0.15) is 77.8 Å². The molecule has 0 saturated carbocycles. The van der Waals surface area contributed by atoms with E-state index < -0.39 is 24.5 Å². The lowest BCUT2D eigenvalue weighted by atomic mass is 9.98. The molecule has 9 heteroatoms. The Morgan fingerprint density at radius 3 is 1.51 bits per heavy atom. The maximum atomic E-state index is 9.72. The first kappa shape index (κ1) is 30.3. The number of nitrogens with zero attached hydrogens (tertiary/aromatic N) is 4. The Morgan fingerprint density at radius 2 is 1.27 bits per heavy atom. The lowest BCUT2D eigenvalue weighted by Crippen LogP contribution is -2.22. The van der Waals surface area contributed by atoms with E-state index in [1.165, 1.54) is 72.4 Å². The molecule has 37 heavy (non-hydrogen) atoms. The van der Waals surface area contributed by atoms with Crippen LogP contribution in [0.15, 0.2) is 24.5 Å². The second kappa shape index (κ2) is 14.2. The van der Waals surface area contributed by atoms with E-state index in [4.69, 9.17) is 15.3 Å². The molecule has 2 fully saturated rings. The standard InChI is InChI=1S/2C12H18N2.C4H6O5/c2*1-9-6-7-13-10(2)12(9)11-5-4-8-14(11)3;5-2(4(8)9)1-3(6)7/h2*6-7,11H,4-5,8H2,1-3H3;2,5H,1H2,(H,6,7)(H,8,9)/t2*11-;/m00./s1. The Hall–Kier alpha value is -2.88. The van der Waals surface area contributed by atoms with E-state index in [1.54, 1.807) is 0 Å². The number of rotatable bonds is 5. The van der Waals surface area contributed by atoms with Gasteiger partial charge in [0.05, 0.1) is 6.42 Å². The van der Waals surface area contributed by atoms with Gasteiger partial charge in [-0.05, 0) is 115 Å². The van der Waals surface area contributed by atoms with Gasteiger partial charge in [-0.15, -0.1) is 0 Å². The van der Waals surface area contributed by atoms with Gasteiger partial charge in [-0.25, -0.2) is 4.79 Å². The predicted octanol–water partition coefficient (Wildman–Crippen LogP) is 3.84. The van der Waals surface area contributed by atoms with Crippen LogP contribution in [-0.2, 0) is 9.59 Å². The van der Waals surface area contributed by atoms with Crippen molar-refractivity contribution in [3.05, 3.63) is 58.2 Å². The van der Waals surface area contributed by atoms with Crippen LogP contribution in [0.3, 0.4) is 0 Å². The Bertz CT molecular complexity index is 953. The summed E-state index contributed by atoms with van der Waals surface area (Å²) < 4.78 is 0. The molecule has 0 amide bonds. The topological polar surface area (TPSA) is 127 Å². The van der Waals surface area contributed by atoms with Crippen LogP contribution >= 0.6 is 0 Å². The first-order chi connectivity index (χ1) is 17.4. The summed E-state index contributed by atoms with van der Waals surface area (Å²) in [6.45, 7) is 11.1. The van der Waals surface area contributed by atoms with Gasteiger partial charge in [0, 0.05) is 35.9 Å². The summed E-state index contributed by atoms with van der Waals surface area (Å²) in [6, 6.07) is 5.44. The van der Waals surface area contributed by atoms with Crippen LogP contribution in [0.5, 0.6) is 0 Å². The van der Waals surface area contributed by atoms with Crippen molar-refractivity contribution < 1.29 is 24.9 Å². The van der Waals surface area contributed by atoms with Gasteiger partial charge >= 0.3 is 11.9 Å². The highest BCUT2D eigenvalue weighted by atomic mass is 16.4. The van der Waals surface area contributed by atoms with Crippen LogP contribution in [-0.4, -0.2) is 80.3 Å². The number of hydrogen-bond acceptors (Lipinski definition) is 7. The highest BCUT2D eigenvalue weighted by molar-refractivity contribution is 5.79. The van der Waals surface area contributed by atoms with E-state index in [2.05, 4.69) is 73.7 Å². The van der Waals surface area contributed by atoms with Crippen molar-refractivity contribution in [1.29, 1.82) is 0 Å². The summed E-state index contributed by atoms with van der Waals surface area (Å²) in [5.41, 5.74) is 8.07. The maximum absolute atomic E-state index is 9.72. The molecule has 0 radical (unpaired) electrons. The van der Waals surface area contributed by atoms with Crippen LogP contribution in [0, 0.1) is 27.7 Å². The first-order valence-electron chi connectivity index (χ1n) is 12.8. The fourth-order valence-electron chi connectivity index (χ4n) is 5.22. The van der Waals surface area contributed by atoms with E-state index >= 15 is 0 Å². The molecular weight excluding hydrogens is 472 g/mol. The molecule has 2 aromatic heterocycles. The molecule has 0 aliphatic carbocycles. The fourth-order valence-corrected chi connectivity index (χ4v) is 5.22. The number of likely N-dealkylation sites (tertiary alicyclic amines) is 2. The number of carboxylic acid groups (broad SMARTS) is 2. The molecule has 9 nitrogen and oxygen atoms in total. The highest BCUT2D eigenvalue weighted by Crippen LogP contribution is 2.34. The Balaban J connectivity index is 0.000000201. The molecule has 4 rings (SSSR count). The quantitative estimate of drug-likeness (QED) is 0.545. The molecule has 0 bridgehead atoms. The molecule has 2 aliphatic rings. The molecule has 3 atom stereocenters. The van der Waals surface area contributed by atoms with Crippen molar-refractivity contribution in [2.45, 2.75) is 78.0 Å². The van der Waals surface area contributed by atoms with Gasteiger partial charge in [-0.2, -0.15) is 0 Å². The summed E-state index contributed by atoms with van der Waals surface area (Å²) in [7, 11) is 4.42. The SMILES string of the molecule is Cc1ccnc(C)c1[C@@H]1CCCN1C.Cc1ccnc(C)c1[C@@H]1CCCN1C.O=C(O)CC(O)C(=O)O. The summed E-state index contributed by atoms with van der Waals surface area (Å²) in [5.74, 6) is -2.85. The second-order valence-electron chi connectivity index (χ2n) is 9.98. The minimum atomic E-state index is -1.79. The third kappa shape index (κ3) is 8.59. The summed E-state index contributed by atoms with van der Waals surface area (Å²) in [4.78, 5) is 33.1. The molecule has 3 N–H and O–H groups in total. The number of aromatic nitrogens is 2. The molecule has 1 unspecified atom stereocenters. The highest BCUT2D eigenvalue weighted by Gasteiger charge is 2.26. The number of aliphatic hydroxyl groups is 1. The number of hydrogen-bond donors (Lipinski definition) is 3. The number of carbonyl (C=O) groups is 2. The van der Waals surface area contributed by atoms with Gasteiger partial charge in [0.15, 0.2) is 6.10 Å². The lowest BCUT2D eigenvalue weighted by Gasteiger charge is -2.22. The lowest BCUT2D eigenvalue weighted by molar-refractivity contribution is -0.152. The molecule has 2 aliphatic heterocycles. The Labute approximate surface area is 220 Å². The van der Waals surface area contributed by atoms with Crippen molar-refractivity contribution in [3.63, 3.8) is 0 Å². The maximum Gasteiger partial charge on any atom is 0.333 e. The van der Waals surface area contributed by atoms with E-state index in [-0.39, 0.29) is 0 Å². The molecular formula is C28H42N4O5. The van der Waals surface area contributed by atoms with Crippen LogP contribution < -0.4 is 0 Å². The number of pyridine rings is 2. The van der Waals surface area contributed by atoms with E-state index in [0.29, 0.717) is 12.1 Å². The second-order valence-corrected chi connectivity index (χ2v) is 9.98. The molecule has 0 aromatic carbocycles. The van der Waals surface area contributed by atoms with Crippen molar-refractivity contribution in [2.75, 3.05) is 27.2 Å². The smallest absolute Gasteiger partial charge is 0.333 e. The summed E-state index contributed by atoms with van der Waals surface area (Å²) in [5, 5.41) is 24.1. The number of aryl methyl sites for hydroxylation is 4. The Morgan fingerprint density at radius 1 is 0.865 bits per heavy atom. The van der Waals surface area contributed by atoms with E-state index in [9.17, 15) is 9.59 Å². The summed E-state index contributed by atoms with van der Waals surface area (Å²) >= 11 is 0. The van der Waals surface area contributed by atoms with Crippen LogP contribution in [0.25, 0.3) is 0 Å². The third-order valence-corrected chi connectivity index (χ3v) is 7.18. The number of carboxylic acids is 2. The van der Waals surface area contributed by atoms with Crippen LogP contribution in [0.4, 0.5) is 0 Å². The average Bonchev–Trinajstić information content (AvgIpc) is 3.42. The molecule has 2 aromatic rings. The van der Waals surface area contributed by atoms with Gasteiger partial charge in [0.1, 0.15) is 0 Å². The number of aliphatic hydroxyl groups excluding tert-OH is 1.